The van der Waals surface area contributed by atoms with E-state index in [4.69, 9.17) is 10.5 Å². The third kappa shape index (κ3) is 5.18. The second kappa shape index (κ2) is 5.93. The van der Waals surface area contributed by atoms with Gasteiger partial charge in [0.1, 0.15) is 5.60 Å². The third-order valence-electron chi connectivity index (χ3n) is 2.45. The van der Waals surface area contributed by atoms with Crippen molar-refractivity contribution in [2.24, 2.45) is 0 Å². The first-order valence-corrected chi connectivity index (χ1v) is 6.16. The van der Waals surface area contributed by atoms with Crippen LogP contribution in [0.15, 0.2) is 24.3 Å². The van der Waals surface area contributed by atoms with Crippen molar-refractivity contribution in [3.63, 3.8) is 0 Å². The van der Waals surface area contributed by atoms with E-state index >= 15 is 0 Å². The van der Waals surface area contributed by atoms with Crippen molar-refractivity contribution < 1.29 is 14.6 Å². The molecule has 0 aliphatic carbocycles. The van der Waals surface area contributed by atoms with Gasteiger partial charge in [0.25, 0.3) is 0 Å². The second-order valence-electron chi connectivity index (χ2n) is 5.55. The Balaban J connectivity index is 2.61. The van der Waals surface area contributed by atoms with Crippen LogP contribution in [0.25, 0.3) is 0 Å². The van der Waals surface area contributed by atoms with Gasteiger partial charge in [-0.1, -0.05) is 12.1 Å². The van der Waals surface area contributed by atoms with Crippen LogP contribution >= 0.6 is 0 Å². The van der Waals surface area contributed by atoms with Gasteiger partial charge in [-0.2, -0.15) is 0 Å². The molecule has 0 saturated heterocycles. The fourth-order valence-electron chi connectivity index (χ4n) is 1.55. The molecule has 19 heavy (non-hydrogen) atoms. The van der Waals surface area contributed by atoms with Crippen molar-refractivity contribution in [1.29, 1.82) is 0 Å². The first-order valence-electron chi connectivity index (χ1n) is 6.16. The Bertz CT molecular complexity index is 441. The van der Waals surface area contributed by atoms with Crippen molar-refractivity contribution in [3.05, 3.63) is 29.8 Å². The van der Waals surface area contributed by atoms with E-state index < -0.39 is 17.8 Å². The van der Waals surface area contributed by atoms with E-state index in [0.29, 0.717) is 11.3 Å². The van der Waals surface area contributed by atoms with Gasteiger partial charge in [-0.05, 0) is 38.5 Å². The van der Waals surface area contributed by atoms with Crippen molar-refractivity contribution in [2.75, 3.05) is 19.3 Å². The minimum atomic E-state index is -0.791. The van der Waals surface area contributed by atoms with E-state index in [2.05, 4.69) is 0 Å². The largest absolute Gasteiger partial charge is 0.444 e. The average molecular weight is 266 g/mol. The summed E-state index contributed by atoms with van der Waals surface area (Å²) in [6, 6.07) is 6.96. The van der Waals surface area contributed by atoms with Crippen LogP contribution in [0.1, 0.15) is 32.4 Å². The maximum absolute atomic E-state index is 11.8. The van der Waals surface area contributed by atoms with Gasteiger partial charge in [-0.3, -0.25) is 0 Å². The highest BCUT2D eigenvalue weighted by Gasteiger charge is 2.21. The highest BCUT2D eigenvalue weighted by atomic mass is 16.6. The van der Waals surface area contributed by atoms with Crippen LogP contribution in [-0.4, -0.2) is 35.3 Å². The third-order valence-corrected chi connectivity index (χ3v) is 2.45. The maximum atomic E-state index is 11.8. The molecule has 1 aromatic rings. The zero-order valence-electron chi connectivity index (χ0n) is 11.9. The zero-order valence-corrected chi connectivity index (χ0v) is 11.9. The number of likely N-dealkylation sites (N-methyl/N-ethyl adjacent to an activating group) is 1. The number of aliphatic hydroxyl groups excluding tert-OH is 1. The lowest BCUT2D eigenvalue weighted by atomic mass is 10.1. The molecule has 0 aliphatic heterocycles. The molecule has 3 N–H and O–H groups in total. The quantitative estimate of drug-likeness (QED) is 0.822. The van der Waals surface area contributed by atoms with Crippen LogP contribution in [0.2, 0.25) is 0 Å². The molecule has 5 nitrogen and oxygen atoms in total. The summed E-state index contributed by atoms with van der Waals surface area (Å²) in [6.07, 6.45) is -1.25. The summed E-state index contributed by atoms with van der Waals surface area (Å²) in [5, 5.41) is 10.1. The number of nitrogen functional groups attached to an aromatic ring is 1. The first-order chi connectivity index (χ1) is 8.69. The number of amides is 1. The minimum absolute atomic E-state index is 0.151. The van der Waals surface area contributed by atoms with Crippen molar-refractivity contribution in [2.45, 2.75) is 32.5 Å². The Kier molecular flexibility index (Phi) is 4.78. The number of aliphatic hydroxyl groups is 1. The van der Waals surface area contributed by atoms with Gasteiger partial charge in [-0.15, -0.1) is 0 Å². The standard InChI is InChI=1S/C14H22N2O3/c1-14(2,3)19-13(18)16(4)9-12(17)10-6-5-7-11(15)8-10/h5-8,12,17H,9,15H2,1-4H3. The van der Waals surface area contributed by atoms with E-state index in [9.17, 15) is 9.90 Å². The molecule has 0 heterocycles. The van der Waals surface area contributed by atoms with E-state index in [1.165, 1.54) is 4.90 Å². The Morgan fingerprint density at radius 3 is 2.63 bits per heavy atom. The predicted octanol–water partition coefficient (Wildman–Crippen LogP) is 2.17. The highest BCUT2D eigenvalue weighted by molar-refractivity contribution is 5.67. The van der Waals surface area contributed by atoms with Crippen molar-refractivity contribution in [3.8, 4) is 0 Å². The molecule has 1 aromatic carbocycles. The van der Waals surface area contributed by atoms with E-state index in [0.717, 1.165) is 0 Å². The molecule has 0 aliphatic rings. The Morgan fingerprint density at radius 1 is 1.47 bits per heavy atom. The molecule has 1 unspecified atom stereocenters. The highest BCUT2D eigenvalue weighted by Crippen LogP contribution is 2.17. The van der Waals surface area contributed by atoms with Gasteiger partial charge in [-0.25, -0.2) is 4.79 Å². The van der Waals surface area contributed by atoms with Crippen molar-refractivity contribution in [1.82, 2.24) is 4.90 Å². The molecular weight excluding hydrogens is 244 g/mol. The molecule has 1 rings (SSSR count). The summed E-state index contributed by atoms with van der Waals surface area (Å²) >= 11 is 0. The number of carbonyl (C=O) groups is 1. The number of hydrogen-bond acceptors (Lipinski definition) is 4. The number of nitrogens with zero attached hydrogens (tertiary/aromatic N) is 1. The fourth-order valence-corrected chi connectivity index (χ4v) is 1.55. The molecule has 106 valence electrons. The van der Waals surface area contributed by atoms with Crippen molar-refractivity contribution >= 4 is 11.8 Å². The summed E-state index contributed by atoms with van der Waals surface area (Å²) in [5.41, 5.74) is 6.36. The van der Waals surface area contributed by atoms with Gasteiger partial charge >= 0.3 is 6.09 Å². The molecule has 0 radical (unpaired) electrons. The average Bonchev–Trinajstić information content (AvgIpc) is 2.26. The van der Waals surface area contributed by atoms with Gasteiger partial charge < -0.3 is 20.5 Å². The molecular formula is C14H22N2O3. The number of carbonyl (C=O) groups excluding carboxylic acids is 1. The van der Waals surface area contributed by atoms with Gasteiger partial charge in [0.05, 0.1) is 12.6 Å². The smallest absolute Gasteiger partial charge is 0.410 e. The lowest BCUT2D eigenvalue weighted by Gasteiger charge is -2.26. The predicted molar refractivity (Wildman–Crippen MR) is 74.7 cm³/mol. The summed E-state index contributed by atoms with van der Waals surface area (Å²) < 4.78 is 5.21. The molecule has 0 spiro atoms. The SMILES string of the molecule is CN(CC(O)c1cccc(N)c1)C(=O)OC(C)(C)C. The van der Waals surface area contributed by atoms with E-state index in [1.807, 2.05) is 0 Å². The fraction of sp³-hybridized carbons (Fsp3) is 0.500. The molecule has 1 amide bonds. The topological polar surface area (TPSA) is 75.8 Å². The molecule has 0 bridgehead atoms. The first kappa shape index (κ1) is 15.3. The molecule has 1 atom stereocenters. The zero-order chi connectivity index (χ0) is 14.6. The normalized spacial score (nSPS) is 12.9. The molecule has 5 heteroatoms. The number of benzene rings is 1. The number of rotatable bonds is 3. The number of ether oxygens (including phenoxy) is 1. The lowest BCUT2D eigenvalue weighted by molar-refractivity contribution is 0.0205. The van der Waals surface area contributed by atoms with Crippen LogP contribution < -0.4 is 5.73 Å². The summed E-state index contributed by atoms with van der Waals surface area (Å²) in [6.45, 7) is 5.55. The second-order valence-corrected chi connectivity index (χ2v) is 5.55. The number of hydrogen-bond donors (Lipinski definition) is 2. The Labute approximate surface area is 114 Å². The summed E-state index contributed by atoms with van der Waals surface area (Å²) in [7, 11) is 1.59. The molecule has 0 fully saturated rings. The molecule has 0 saturated carbocycles. The minimum Gasteiger partial charge on any atom is -0.444 e. The number of nitrogens with two attached hydrogens (primary N) is 1. The summed E-state index contributed by atoms with van der Waals surface area (Å²) in [4.78, 5) is 13.1. The maximum Gasteiger partial charge on any atom is 0.410 e. The van der Waals surface area contributed by atoms with E-state index in [-0.39, 0.29) is 6.54 Å². The Morgan fingerprint density at radius 2 is 2.11 bits per heavy atom. The van der Waals surface area contributed by atoms with Crippen LogP contribution in [0.5, 0.6) is 0 Å². The Hall–Kier alpha value is -1.75. The van der Waals surface area contributed by atoms with Gasteiger partial charge in [0.15, 0.2) is 0 Å². The lowest BCUT2D eigenvalue weighted by Crippen LogP contribution is -2.36. The van der Waals surface area contributed by atoms with Crippen LogP contribution in [0.3, 0.4) is 0 Å². The summed E-state index contributed by atoms with van der Waals surface area (Å²) in [5.74, 6) is 0. The van der Waals surface area contributed by atoms with Gasteiger partial charge in [0.2, 0.25) is 0 Å². The van der Waals surface area contributed by atoms with Crippen LogP contribution in [-0.2, 0) is 4.74 Å². The van der Waals surface area contributed by atoms with Gasteiger partial charge in [0, 0.05) is 12.7 Å². The van der Waals surface area contributed by atoms with Crippen LogP contribution in [0.4, 0.5) is 10.5 Å². The monoisotopic (exact) mass is 266 g/mol. The van der Waals surface area contributed by atoms with E-state index in [1.54, 1.807) is 52.1 Å². The molecule has 0 aromatic heterocycles. The van der Waals surface area contributed by atoms with Crippen LogP contribution in [0, 0.1) is 0 Å². The number of anilines is 1.